The molecule has 0 bridgehead atoms. The van der Waals surface area contributed by atoms with Gasteiger partial charge >= 0.3 is 0 Å². The summed E-state index contributed by atoms with van der Waals surface area (Å²) < 4.78 is 14.1. The Morgan fingerprint density at radius 2 is 2.13 bits per heavy atom. The van der Waals surface area contributed by atoms with Gasteiger partial charge in [-0.15, -0.1) is 11.6 Å². The molecule has 0 nitrogen and oxygen atoms in total. The molecule has 15 heavy (non-hydrogen) atoms. The summed E-state index contributed by atoms with van der Waals surface area (Å²) >= 11 is 9.26. The van der Waals surface area contributed by atoms with Crippen LogP contribution in [0.15, 0.2) is 22.7 Å². The van der Waals surface area contributed by atoms with Crippen molar-refractivity contribution in [3.05, 3.63) is 34.1 Å². The van der Waals surface area contributed by atoms with Crippen LogP contribution in [0.5, 0.6) is 0 Å². The van der Waals surface area contributed by atoms with Gasteiger partial charge in [0.25, 0.3) is 0 Å². The molecule has 1 aromatic carbocycles. The van der Waals surface area contributed by atoms with E-state index in [1.807, 2.05) is 12.1 Å². The second-order valence-corrected chi connectivity index (χ2v) is 5.11. The molecule has 1 rings (SSSR count). The van der Waals surface area contributed by atoms with E-state index in [1.165, 1.54) is 0 Å². The van der Waals surface area contributed by atoms with Crippen LogP contribution < -0.4 is 0 Å². The molecule has 0 radical (unpaired) electrons. The van der Waals surface area contributed by atoms with Crippen molar-refractivity contribution in [2.24, 2.45) is 0 Å². The molecule has 0 fully saturated rings. The van der Waals surface area contributed by atoms with Crippen LogP contribution in [0.25, 0.3) is 0 Å². The molecule has 0 aromatic heterocycles. The number of halogens is 3. The van der Waals surface area contributed by atoms with Crippen LogP contribution in [0.1, 0.15) is 31.7 Å². The predicted molar refractivity (Wildman–Crippen MR) is 67.0 cm³/mol. The molecule has 0 amide bonds. The first-order chi connectivity index (χ1) is 7.15. The normalized spacial score (nSPS) is 12.8. The Morgan fingerprint density at radius 1 is 1.40 bits per heavy atom. The van der Waals surface area contributed by atoms with E-state index in [0.717, 1.165) is 24.8 Å². The number of alkyl halides is 1. The average Bonchev–Trinajstić information content (AvgIpc) is 2.21. The maximum atomic E-state index is 13.5. The van der Waals surface area contributed by atoms with Crippen molar-refractivity contribution in [1.82, 2.24) is 0 Å². The van der Waals surface area contributed by atoms with E-state index in [0.29, 0.717) is 10.9 Å². The van der Waals surface area contributed by atoms with Gasteiger partial charge in [-0.05, 0) is 46.8 Å². The van der Waals surface area contributed by atoms with E-state index < -0.39 is 0 Å². The lowest BCUT2D eigenvalue weighted by molar-refractivity contribution is 0.590. The second kappa shape index (κ2) is 6.49. The zero-order valence-electron chi connectivity index (χ0n) is 8.77. The largest absolute Gasteiger partial charge is 0.205 e. The van der Waals surface area contributed by atoms with Gasteiger partial charge in [0.2, 0.25) is 0 Å². The summed E-state index contributed by atoms with van der Waals surface area (Å²) in [5.74, 6) is -0.155. The summed E-state index contributed by atoms with van der Waals surface area (Å²) in [4.78, 5) is 0. The third-order valence-electron chi connectivity index (χ3n) is 2.36. The summed E-state index contributed by atoms with van der Waals surface area (Å²) in [7, 11) is 0. The van der Waals surface area contributed by atoms with E-state index in [2.05, 4.69) is 22.9 Å². The number of benzene rings is 1. The minimum absolute atomic E-state index is 0.155. The van der Waals surface area contributed by atoms with E-state index in [4.69, 9.17) is 11.6 Å². The average molecular weight is 294 g/mol. The van der Waals surface area contributed by atoms with Gasteiger partial charge in [-0.25, -0.2) is 4.39 Å². The van der Waals surface area contributed by atoms with Gasteiger partial charge < -0.3 is 0 Å². The highest BCUT2D eigenvalue weighted by Crippen LogP contribution is 2.21. The van der Waals surface area contributed by atoms with Crippen LogP contribution in [0.4, 0.5) is 4.39 Å². The molecule has 1 unspecified atom stereocenters. The van der Waals surface area contributed by atoms with Crippen molar-refractivity contribution < 1.29 is 4.39 Å². The van der Waals surface area contributed by atoms with E-state index in [9.17, 15) is 4.39 Å². The predicted octanol–water partition coefficient (Wildman–Crippen LogP) is 4.93. The van der Waals surface area contributed by atoms with Crippen molar-refractivity contribution in [2.45, 2.75) is 38.0 Å². The topological polar surface area (TPSA) is 0 Å². The van der Waals surface area contributed by atoms with Gasteiger partial charge in [0.05, 0.1) is 4.47 Å². The van der Waals surface area contributed by atoms with Crippen LogP contribution in [0.2, 0.25) is 0 Å². The molecule has 84 valence electrons. The zero-order valence-corrected chi connectivity index (χ0v) is 11.1. The van der Waals surface area contributed by atoms with Crippen molar-refractivity contribution in [3.63, 3.8) is 0 Å². The van der Waals surface area contributed by atoms with Crippen LogP contribution in [0, 0.1) is 5.82 Å². The Balaban J connectivity index is 2.54. The summed E-state index contributed by atoms with van der Waals surface area (Å²) in [5.41, 5.74) is 0.742. The highest BCUT2D eigenvalue weighted by molar-refractivity contribution is 9.10. The Labute approximate surface area is 104 Å². The molecule has 0 aliphatic carbocycles. The fourth-order valence-electron chi connectivity index (χ4n) is 1.51. The molecule has 0 N–H and O–H groups in total. The van der Waals surface area contributed by atoms with Crippen LogP contribution in [0.3, 0.4) is 0 Å². The Bertz CT molecular complexity index is 314. The van der Waals surface area contributed by atoms with E-state index in [-0.39, 0.29) is 11.2 Å². The molecule has 0 spiro atoms. The maximum absolute atomic E-state index is 13.5. The number of aryl methyl sites for hydroxylation is 1. The number of hydrogen-bond acceptors (Lipinski definition) is 0. The van der Waals surface area contributed by atoms with Gasteiger partial charge in [-0.3, -0.25) is 0 Å². The second-order valence-electron chi connectivity index (χ2n) is 3.64. The summed E-state index contributed by atoms with van der Waals surface area (Å²) in [6.07, 6.45) is 3.62. The molecule has 1 atom stereocenters. The molecule has 0 aliphatic rings. The standard InChI is InChI=1S/C12H15BrClF/c1-2-4-10(14)8-7-9-5-3-6-11(13)12(9)15/h3,5-6,10H,2,4,7-8H2,1H3. The Kier molecular flexibility index (Phi) is 5.62. The molecule has 0 heterocycles. The first kappa shape index (κ1) is 13.0. The monoisotopic (exact) mass is 292 g/mol. The molecule has 3 heteroatoms. The zero-order chi connectivity index (χ0) is 11.3. The summed E-state index contributed by atoms with van der Waals surface area (Å²) in [6, 6.07) is 5.38. The maximum Gasteiger partial charge on any atom is 0.140 e. The molecule has 0 saturated carbocycles. The number of rotatable bonds is 5. The fraction of sp³-hybridized carbons (Fsp3) is 0.500. The third kappa shape index (κ3) is 4.12. The highest BCUT2D eigenvalue weighted by Gasteiger charge is 2.08. The molecular weight excluding hydrogens is 278 g/mol. The Hall–Kier alpha value is -0.0800. The molecule has 0 aliphatic heterocycles. The van der Waals surface area contributed by atoms with Crippen LogP contribution in [-0.2, 0) is 6.42 Å². The minimum atomic E-state index is -0.155. The molecule has 0 saturated heterocycles. The fourth-order valence-corrected chi connectivity index (χ4v) is 2.25. The van der Waals surface area contributed by atoms with Crippen molar-refractivity contribution in [3.8, 4) is 0 Å². The van der Waals surface area contributed by atoms with Gasteiger partial charge in [-0.1, -0.05) is 25.5 Å². The van der Waals surface area contributed by atoms with E-state index in [1.54, 1.807) is 6.07 Å². The van der Waals surface area contributed by atoms with Gasteiger partial charge in [0, 0.05) is 5.38 Å². The SMILES string of the molecule is CCCC(Cl)CCc1cccc(Br)c1F. The number of hydrogen-bond donors (Lipinski definition) is 0. The van der Waals surface area contributed by atoms with Gasteiger partial charge in [-0.2, -0.15) is 0 Å². The first-order valence-electron chi connectivity index (χ1n) is 5.22. The van der Waals surface area contributed by atoms with Crippen molar-refractivity contribution >= 4 is 27.5 Å². The van der Waals surface area contributed by atoms with E-state index >= 15 is 0 Å². The third-order valence-corrected chi connectivity index (χ3v) is 3.41. The van der Waals surface area contributed by atoms with Crippen LogP contribution >= 0.6 is 27.5 Å². The lowest BCUT2D eigenvalue weighted by atomic mass is 10.1. The summed E-state index contributed by atoms with van der Waals surface area (Å²) in [5, 5.41) is 0.161. The first-order valence-corrected chi connectivity index (χ1v) is 6.45. The minimum Gasteiger partial charge on any atom is -0.205 e. The van der Waals surface area contributed by atoms with Gasteiger partial charge in [0.15, 0.2) is 0 Å². The van der Waals surface area contributed by atoms with Crippen molar-refractivity contribution in [1.29, 1.82) is 0 Å². The Morgan fingerprint density at radius 3 is 2.80 bits per heavy atom. The van der Waals surface area contributed by atoms with Crippen LogP contribution in [-0.4, -0.2) is 5.38 Å². The van der Waals surface area contributed by atoms with Gasteiger partial charge in [0.1, 0.15) is 5.82 Å². The quantitative estimate of drug-likeness (QED) is 0.675. The summed E-state index contributed by atoms with van der Waals surface area (Å²) in [6.45, 7) is 2.11. The molecular formula is C12H15BrClF. The lowest BCUT2D eigenvalue weighted by Crippen LogP contribution is -2.01. The van der Waals surface area contributed by atoms with Crippen molar-refractivity contribution in [2.75, 3.05) is 0 Å². The highest BCUT2D eigenvalue weighted by atomic mass is 79.9. The smallest absolute Gasteiger partial charge is 0.140 e. The molecule has 1 aromatic rings. The lowest BCUT2D eigenvalue weighted by Gasteiger charge is -2.08.